The van der Waals surface area contributed by atoms with E-state index in [4.69, 9.17) is 0 Å². The van der Waals surface area contributed by atoms with Gasteiger partial charge in [0.25, 0.3) is 11.7 Å². The smallest absolute Gasteiger partial charge is 0.300 e. The largest absolute Gasteiger partial charge is 0.507 e. The summed E-state index contributed by atoms with van der Waals surface area (Å²) in [6, 6.07) is 21.8. The maximum absolute atomic E-state index is 13.3. The van der Waals surface area contributed by atoms with Gasteiger partial charge in [0.2, 0.25) is 0 Å². The van der Waals surface area contributed by atoms with Crippen molar-refractivity contribution in [2.75, 3.05) is 22.9 Å². The highest BCUT2D eigenvalue weighted by Gasteiger charge is 2.47. The van der Waals surface area contributed by atoms with Crippen LogP contribution in [-0.2, 0) is 9.59 Å². The summed E-state index contributed by atoms with van der Waals surface area (Å²) >= 11 is 0. The molecule has 1 heterocycles. The first-order chi connectivity index (χ1) is 16.4. The predicted octanol–water partition coefficient (Wildman–Crippen LogP) is 5.78. The lowest BCUT2D eigenvalue weighted by atomic mass is 9.94. The molecule has 1 saturated heterocycles. The second kappa shape index (κ2) is 9.56. The molecule has 5 nitrogen and oxygen atoms in total. The molecular weight excluding hydrogens is 424 g/mol. The fraction of sp³-hybridized carbons (Fsp3) is 0.241. The van der Waals surface area contributed by atoms with Crippen molar-refractivity contribution in [1.29, 1.82) is 0 Å². The summed E-state index contributed by atoms with van der Waals surface area (Å²) in [5.74, 6) is -1.49. The monoisotopic (exact) mass is 454 g/mol. The minimum absolute atomic E-state index is 0.102. The third-order valence-electron chi connectivity index (χ3n) is 6.60. The number of benzene rings is 3. The highest BCUT2D eigenvalue weighted by atomic mass is 16.3. The SMILES string of the molecule is CCN(CC)c1ccc(C2/C(=C(\O)c3ccccc3)C(=O)C(=O)N2c2ccc(C)c(C)c2)cc1. The molecule has 1 fully saturated rings. The van der Waals surface area contributed by atoms with Gasteiger partial charge in [0.05, 0.1) is 11.6 Å². The molecule has 34 heavy (non-hydrogen) atoms. The first kappa shape index (κ1) is 23.3. The maximum Gasteiger partial charge on any atom is 0.300 e. The number of rotatable bonds is 6. The number of amides is 1. The summed E-state index contributed by atoms with van der Waals surface area (Å²) in [4.78, 5) is 30.4. The Labute approximate surface area is 201 Å². The lowest BCUT2D eigenvalue weighted by molar-refractivity contribution is -0.132. The maximum atomic E-state index is 13.3. The molecule has 1 amide bonds. The van der Waals surface area contributed by atoms with Gasteiger partial charge >= 0.3 is 0 Å². The van der Waals surface area contributed by atoms with Crippen LogP contribution in [0, 0.1) is 13.8 Å². The summed E-state index contributed by atoms with van der Waals surface area (Å²) in [5, 5.41) is 11.2. The van der Waals surface area contributed by atoms with Crippen molar-refractivity contribution in [3.8, 4) is 0 Å². The molecule has 0 aromatic heterocycles. The van der Waals surface area contributed by atoms with E-state index in [1.807, 2.05) is 62.4 Å². The average Bonchev–Trinajstić information content (AvgIpc) is 3.12. The van der Waals surface area contributed by atoms with Crippen LogP contribution in [0.4, 0.5) is 11.4 Å². The van der Waals surface area contributed by atoms with E-state index in [1.54, 1.807) is 24.3 Å². The molecule has 0 saturated carbocycles. The van der Waals surface area contributed by atoms with Gasteiger partial charge in [-0.1, -0.05) is 48.5 Å². The van der Waals surface area contributed by atoms with Crippen LogP contribution >= 0.6 is 0 Å². The van der Waals surface area contributed by atoms with Gasteiger partial charge in [-0.15, -0.1) is 0 Å². The first-order valence-corrected chi connectivity index (χ1v) is 11.7. The molecule has 4 rings (SSSR count). The molecule has 1 aliphatic rings. The third-order valence-corrected chi connectivity index (χ3v) is 6.60. The predicted molar refractivity (Wildman–Crippen MR) is 137 cm³/mol. The van der Waals surface area contributed by atoms with E-state index in [2.05, 4.69) is 18.7 Å². The van der Waals surface area contributed by atoms with Crippen molar-refractivity contribution in [2.24, 2.45) is 0 Å². The number of anilines is 2. The molecule has 174 valence electrons. The Morgan fingerprint density at radius 1 is 0.882 bits per heavy atom. The Bertz CT molecular complexity index is 1240. The van der Waals surface area contributed by atoms with Crippen LogP contribution in [0.25, 0.3) is 5.76 Å². The minimum atomic E-state index is -0.729. The molecule has 1 atom stereocenters. The lowest BCUT2D eigenvalue weighted by Gasteiger charge is -2.27. The fourth-order valence-corrected chi connectivity index (χ4v) is 4.50. The van der Waals surface area contributed by atoms with Gasteiger partial charge in [0, 0.05) is 30.0 Å². The average molecular weight is 455 g/mol. The van der Waals surface area contributed by atoms with Gasteiger partial charge in [-0.2, -0.15) is 0 Å². The van der Waals surface area contributed by atoms with E-state index in [1.165, 1.54) is 4.90 Å². The van der Waals surface area contributed by atoms with E-state index >= 15 is 0 Å². The normalized spacial score (nSPS) is 17.3. The standard InChI is InChI=1S/C29H30N2O3/c1-5-30(6-2)23-16-13-21(14-17-23)26-25(27(32)22-10-8-7-9-11-22)28(33)29(34)31(26)24-15-12-19(3)20(4)18-24/h7-18,26,32H,5-6H2,1-4H3/b27-25+. The highest BCUT2D eigenvalue weighted by Crippen LogP contribution is 2.42. The van der Waals surface area contributed by atoms with Crippen LogP contribution in [0.2, 0.25) is 0 Å². The Hall–Kier alpha value is -3.86. The zero-order chi connectivity index (χ0) is 24.4. The molecule has 0 spiro atoms. The van der Waals surface area contributed by atoms with Gasteiger partial charge in [-0.25, -0.2) is 0 Å². The molecule has 3 aromatic rings. The van der Waals surface area contributed by atoms with Crippen molar-refractivity contribution in [1.82, 2.24) is 0 Å². The topological polar surface area (TPSA) is 60.9 Å². The van der Waals surface area contributed by atoms with Gasteiger partial charge in [0.15, 0.2) is 0 Å². The molecule has 0 aliphatic carbocycles. The van der Waals surface area contributed by atoms with Crippen LogP contribution in [0.5, 0.6) is 0 Å². The number of Topliss-reactive ketones (excluding diaryl/α,β-unsaturated/α-hetero) is 1. The van der Waals surface area contributed by atoms with Crippen molar-refractivity contribution >= 4 is 28.8 Å². The van der Waals surface area contributed by atoms with Gasteiger partial charge in [0.1, 0.15) is 5.76 Å². The van der Waals surface area contributed by atoms with Crippen LogP contribution in [0.3, 0.4) is 0 Å². The first-order valence-electron chi connectivity index (χ1n) is 11.7. The van der Waals surface area contributed by atoms with Crippen molar-refractivity contribution in [2.45, 2.75) is 33.7 Å². The Balaban J connectivity index is 1.90. The van der Waals surface area contributed by atoms with Crippen LogP contribution in [-0.4, -0.2) is 29.9 Å². The molecule has 1 N–H and O–H groups in total. The number of aliphatic hydroxyl groups excluding tert-OH is 1. The number of carbonyl (C=O) groups is 2. The summed E-state index contributed by atoms with van der Waals surface area (Å²) in [5.41, 5.74) is 5.21. The third kappa shape index (κ3) is 4.10. The molecular formula is C29H30N2O3. The Morgan fingerprint density at radius 2 is 1.53 bits per heavy atom. The van der Waals surface area contributed by atoms with Gasteiger partial charge in [-0.05, 0) is 68.7 Å². The molecule has 0 radical (unpaired) electrons. The molecule has 5 heteroatoms. The summed E-state index contributed by atoms with van der Waals surface area (Å²) < 4.78 is 0. The number of hydrogen-bond acceptors (Lipinski definition) is 4. The summed E-state index contributed by atoms with van der Waals surface area (Å²) in [7, 11) is 0. The molecule has 1 aliphatic heterocycles. The highest BCUT2D eigenvalue weighted by molar-refractivity contribution is 6.51. The molecule has 0 bridgehead atoms. The zero-order valence-corrected chi connectivity index (χ0v) is 20.1. The van der Waals surface area contributed by atoms with E-state index in [9.17, 15) is 14.7 Å². The van der Waals surface area contributed by atoms with Crippen molar-refractivity contribution in [3.05, 3.63) is 101 Å². The molecule has 1 unspecified atom stereocenters. The van der Waals surface area contributed by atoms with Crippen LogP contribution in [0.15, 0.2) is 78.4 Å². The van der Waals surface area contributed by atoms with E-state index in [0.717, 1.165) is 35.5 Å². The molecule has 3 aromatic carbocycles. The quantitative estimate of drug-likeness (QED) is 0.292. The minimum Gasteiger partial charge on any atom is -0.507 e. The number of carbonyl (C=O) groups excluding carboxylic acids is 2. The van der Waals surface area contributed by atoms with Gasteiger partial charge < -0.3 is 10.0 Å². The second-order valence-electron chi connectivity index (χ2n) is 8.57. The van der Waals surface area contributed by atoms with Crippen molar-refractivity contribution < 1.29 is 14.7 Å². The van der Waals surface area contributed by atoms with Crippen LogP contribution in [0.1, 0.15) is 42.1 Å². The number of hydrogen-bond donors (Lipinski definition) is 1. The lowest BCUT2D eigenvalue weighted by Crippen LogP contribution is -2.29. The van der Waals surface area contributed by atoms with Crippen molar-refractivity contribution in [3.63, 3.8) is 0 Å². The number of nitrogens with zero attached hydrogens (tertiary/aromatic N) is 2. The van der Waals surface area contributed by atoms with Crippen LogP contribution < -0.4 is 9.80 Å². The van der Waals surface area contributed by atoms with Gasteiger partial charge in [-0.3, -0.25) is 14.5 Å². The number of aliphatic hydroxyl groups is 1. The fourth-order valence-electron chi connectivity index (χ4n) is 4.50. The summed E-state index contributed by atoms with van der Waals surface area (Å²) in [6.45, 7) is 9.95. The Kier molecular flexibility index (Phi) is 6.55. The zero-order valence-electron chi connectivity index (χ0n) is 20.1. The summed E-state index contributed by atoms with van der Waals surface area (Å²) in [6.07, 6.45) is 0. The number of aryl methyl sites for hydroxylation is 2. The van der Waals surface area contributed by atoms with E-state index in [0.29, 0.717) is 11.3 Å². The number of ketones is 1. The second-order valence-corrected chi connectivity index (χ2v) is 8.57. The Morgan fingerprint density at radius 3 is 2.12 bits per heavy atom. The van der Waals surface area contributed by atoms with E-state index in [-0.39, 0.29) is 11.3 Å². The van der Waals surface area contributed by atoms with E-state index < -0.39 is 17.7 Å².